The lowest BCUT2D eigenvalue weighted by molar-refractivity contribution is 0.00695. The number of esters is 1. The van der Waals surface area contributed by atoms with Gasteiger partial charge in [0.05, 0.1) is 5.56 Å². The summed E-state index contributed by atoms with van der Waals surface area (Å²) in [5.74, 6) is 2.86. The van der Waals surface area contributed by atoms with Crippen LogP contribution in [0.1, 0.15) is 36.7 Å². The topological polar surface area (TPSA) is 26.3 Å². The Hall–Kier alpha value is -1.53. The van der Waals surface area contributed by atoms with Crippen molar-refractivity contribution in [2.24, 2.45) is 0 Å². The molecule has 0 atom stereocenters. The van der Waals surface area contributed by atoms with Crippen LogP contribution in [0, 0.1) is 11.5 Å². The minimum atomic E-state index is -1.36. The number of rotatable bonds is 1. The molecule has 0 aliphatic rings. The second kappa shape index (κ2) is 5.62. The molecule has 102 valence electrons. The monoisotopic (exact) mass is 274 g/mol. The highest BCUT2D eigenvalue weighted by Gasteiger charge is 2.17. The highest BCUT2D eigenvalue weighted by molar-refractivity contribution is 6.83. The maximum absolute atomic E-state index is 11.8. The van der Waals surface area contributed by atoms with E-state index in [2.05, 4.69) is 31.1 Å². The SMILES string of the molecule is CC(C)(C)OC(=O)c1ccc(C#C[Si](C)(C)C)cc1. The summed E-state index contributed by atoms with van der Waals surface area (Å²) in [4.78, 5) is 11.8. The number of ether oxygens (including phenoxy) is 1. The van der Waals surface area contributed by atoms with Gasteiger partial charge in [-0.3, -0.25) is 0 Å². The Labute approximate surface area is 117 Å². The fourth-order valence-electron chi connectivity index (χ4n) is 1.29. The highest BCUT2D eigenvalue weighted by atomic mass is 28.3. The van der Waals surface area contributed by atoms with Crippen LogP contribution in [0.4, 0.5) is 0 Å². The van der Waals surface area contributed by atoms with Crippen LogP contribution in [0.3, 0.4) is 0 Å². The molecule has 0 aliphatic carbocycles. The lowest BCUT2D eigenvalue weighted by Gasteiger charge is -2.19. The van der Waals surface area contributed by atoms with Crippen LogP contribution in [0.5, 0.6) is 0 Å². The van der Waals surface area contributed by atoms with Crippen molar-refractivity contribution in [2.45, 2.75) is 46.0 Å². The lowest BCUT2D eigenvalue weighted by Crippen LogP contribution is -2.23. The Morgan fingerprint density at radius 1 is 1.11 bits per heavy atom. The second-order valence-electron chi connectivity index (χ2n) is 6.58. The van der Waals surface area contributed by atoms with Gasteiger partial charge in [-0.05, 0) is 45.0 Å². The minimum Gasteiger partial charge on any atom is -0.456 e. The van der Waals surface area contributed by atoms with Gasteiger partial charge in [-0.2, -0.15) is 0 Å². The van der Waals surface area contributed by atoms with E-state index in [0.717, 1.165) is 5.56 Å². The van der Waals surface area contributed by atoms with Gasteiger partial charge in [0, 0.05) is 5.56 Å². The highest BCUT2D eigenvalue weighted by Crippen LogP contribution is 2.12. The predicted molar refractivity (Wildman–Crippen MR) is 81.8 cm³/mol. The van der Waals surface area contributed by atoms with Crippen LogP contribution in [0.15, 0.2) is 24.3 Å². The van der Waals surface area contributed by atoms with Crippen LogP contribution in [0.2, 0.25) is 19.6 Å². The summed E-state index contributed by atoms with van der Waals surface area (Å²) in [6.45, 7) is 12.2. The van der Waals surface area contributed by atoms with Crippen molar-refractivity contribution in [3.8, 4) is 11.5 Å². The Morgan fingerprint density at radius 3 is 2.05 bits per heavy atom. The van der Waals surface area contributed by atoms with Crippen molar-refractivity contribution in [2.75, 3.05) is 0 Å². The Kier molecular flexibility index (Phi) is 4.59. The molecule has 0 heterocycles. The molecule has 0 unspecified atom stereocenters. The summed E-state index contributed by atoms with van der Waals surface area (Å²) >= 11 is 0. The molecule has 1 rings (SSSR count). The molecule has 19 heavy (non-hydrogen) atoms. The van der Waals surface area contributed by atoms with Crippen LogP contribution in [0.25, 0.3) is 0 Å². The molecule has 3 heteroatoms. The van der Waals surface area contributed by atoms with Crippen molar-refractivity contribution in [1.29, 1.82) is 0 Å². The molecule has 1 aromatic rings. The Balaban J connectivity index is 2.82. The molecule has 0 saturated carbocycles. The van der Waals surface area contributed by atoms with Crippen molar-refractivity contribution >= 4 is 14.0 Å². The zero-order valence-electron chi connectivity index (χ0n) is 12.6. The Bertz CT molecular complexity index is 505. The quantitative estimate of drug-likeness (QED) is 0.441. The van der Waals surface area contributed by atoms with E-state index in [1.165, 1.54) is 0 Å². The van der Waals surface area contributed by atoms with E-state index in [1.54, 1.807) is 12.1 Å². The second-order valence-corrected chi connectivity index (χ2v) is 11.3. The van der Waals surface area contributed by atoms with Crippen LogP contribution in [-0.2, 0) is 4.74 Å². The van der Waals surface area contributed by atoms with Gasteiger partial charge in [-0.15, -0.1) is 5.54 Å². The maximum atomic E-state index is 11.8. The molecule has 2 nitrogen and oxygen atoms in total. The average Bonchev–Trinajstić information content (AvgIpc) is 2.23. The maximum Gasteiger partial charge on any atom is 0.338 e. The minimum absolute atomic E-state index is 0.294. The third-order valence-corrected chi connectivity index (χ3v) is 2.98. The van der Waals surface area contributed by atoms with Gasteiger partial charge in [0.2, 0.25) is 0 Å². The zero-order valence-corrected chi connectivity index (χ0v) is 13.6. The smallest absolute Gasteiger partial charge is 0.338 e. The standard InChI is InChI=1S/C16H22O2Si/c1-16(2,3)18-15(17)14-9-7-13(8-10-14)11-12-19(4,5)6/h7-10H,1-6H3. The molecule has 0 aromatic heterocycles. The molecule has 0 bridgehead atoms. The number of carbonyl (C=O) groups excluding carboxylic acids is 1. The molecule has 0 radical (unpaired) electrons. The predicted octanol–water partition coefficient (Wildman–Crippen LogP) is 3.87. The van der Waals surface area contributed by atoms with E-state index >= 15 is 0 Å². The normalized spacial score (nSPS) is 11.5. The van der Waals surface area contributed by atoms with E-state index < -0.39 is 13.7 Å². The third-order valence-electron chi connectivity index (χ3n) is 2.10. The summed E-state index contributed by atoms with van der Waals surface area (Å²) in [5, 5.41) is 0. The van der Waals surface area contributed by atoms with Crippen LogP contribution in [-0.4, -0.2) is 19.6 Å². The summed E-state index contributed by atoms with van der Waals surface area (Å²) in [7, 11) is -1.36. The van der Waals surface area contributed by atoms with Gasteiger partial charge in [-0.25, -0.2) is 4.79 Å². The molecule has 0 spiro atoms. The fourth-order valence-corrected chi connectivity index (χ4v) is 1.81. The molecular formula is C16H22O2Si. The third kappa shape index (κ3) is 6.26. The van der Waals surface area contributed by atoms with Crippen molar-refractivity contribution in [3.63, 3.8) is 0 Å². The van der Waals surface area contributed by atoms with E-state index in [9.17, 15) is 4.79 Å². The number of carbonyl (C=O) groups is 1. The molecule has 0 N–H and O–H groups in total. The van der Waals surface area contributed by atoms with Crippen LogP contribution >= 0.6 is 0 Å². The number of benzene rings is 1. The largest absolute Gasteiger partial charge is 0.456 e. The van der Waals surface area contributed by atoms with Gasteiger partial charge in [0.15, 0.2) is 0 Å². The summed E-state index contributed by atoms with van der Waals surface area (Å²) in [5.41, 5.74) is 4.34. The van der Waals surface area contributed by atoms with Gasteiger partial charge in [-0.1, -0.05) is 25.6 Å². The fraction of sp³-hybridized carbons (Fsp3) is 0.438. The van der Waals surface area contributed by atoms with Crippen molar-refractivity contribution < 1.29 is 9.53 Å². The molecule has 1 aromatic carbocycles. The van der Waals surface area contributed by atoms with E-state index in [0.29, 0.717) is 5.56 Å². The molecule has 0 amide bonds. The van der Waals surface area contributed by atoms with Gasteiger partial charge >= 0.3 is 5.97 Å². The first-order valence-electron chi connectivity index (χ1n) is 6.43. The number of hydrogen-bond acceptors (Lipinski definition) is 2. The van der Waals surface area contributed by atoms with Crippen LogP contribution < -0.4 is 0 Å². The summed E-state index contributed by atoms with van der Waals surface area (Å²) in [6.07, 6.45) is 0. The molecule has 0 saturated heterocycles. The van der Waals surface area contributed by atoms with Gasteiger partial charge in [0.25, 0.3) is 0 Å². The van der Waals surface area contributed by atoms with E-state index in [-0.39, 0.29) is 5.97 Å². The Morgan fingerprint density at radius 2 is 1.63 bits per heavy atom. The van der Waals surface area contributed by atoms with Crippen molar-refractivity contribution in [1.82, 2.24) is 0 Å². The van der Waals surface area contributed by atoms with Gasteiger partial charge < -0.3 is 4.74 Å². The first kappa shape index (κ1) is 15.5. The number of hydrogen-bond donors (Lipinski definition) is 0. The first-order chi connectivity index (χ1) is 8.57. The lowest BCUT2D eigenvalue weighted by atomic mass is 10.1. The van der Waals surface area contributed by atoms with E-state index in [1.807, 2.05) is 32.9 Å². The molecule has 0 aliphatic heterocycles. The summed E-state index contributed by atoms with van der Waals surface area (Å²) in [6, 6.07) is 7.27. The average molecular weight is 274 g/mol. The molecular weight excluding hydrogens is 252 g/mol. The van der Waals surface area contributed by atoms with Crippen molar-refractivity contribution in [3.05, 3.63) is 35.4 Å². The summed E-state index contributed by atoms with van der Waals surface area (Å²) < 4.78 is 5.31. The molecule has 0 fully saturated rings. The zero-order chi connectivity index (χ0) is 14.7. The van der Waals surface area contributed by atoms with E-state index in [4.69, 9.17) is 4.74 Å². The van der Waals surface area contributed by atoms with Gasteiger partial charge in [0.1, 0.15) is 13.7 Å². The first-order valence-corrected chi connectivity index (χ1v) is 9.93.